The van der Waals surface area contributed by atoms with Crippen LogP contribution in [0.5, 0.6) is 0 Å². The van der Waals surface area contributed by atoms with Crippen molar-refractivity contribution in [3.8, 4) is 0 Å². The van der Waals surface area contributed by atoms with Crippen LogP contribution in [-0.4, -0.2) is 34.3 Å². The van der Waals surface area contributed by atoms with Gasteiger partial charge in [0.05, 0.1) is 29.3 Å². The number of aromatic nitrogens is 2. The number of hydrogen-bond donors (Lipinski definition) is 0. The highest BCUT2D eigenvalue weighted by atomic mass is 79.9. The van der Waals surface area contributed by atoms with Gasteiger partial charge >= 0.3 is 0 Å². The molecule has 1 heterocycles. The molecule has 0 N–H and O–H groups in total. The fourth-order valence-electron chi connectivity index (χ4n) is 2.70. The van der Waals surface area contributed by atoms with Crippen molar-refractivity contribution in [1.82, 2.24) is 9.55 Å². The largest absolute Gasteiger partial charge is 0.383 e. The Morgan fingerprint density at radius 1 is 1.29 bits per heavy atom. The minimum absolute atomic E-state index is 0.159. The first-order chi connectivity index (χ1) is 13.4. The summed E-state index contributed by atoms with van der Waals surface area (Å²) in [7, 11) is 1.56. The minimum Gasteiger partial charge on any atom is -0.383 e. The highest BCUT2D eigenvalue weighted by molar-refractivity contribution is 9.10. The lowest BCUT2D eigenvalue weighted by Crippen LogP contribution is -2.26. The summed E-state index contributed by atoms with van der Waals surface area (Å²) >= 11 is 4.58. The van der Waals surface area contributed by atoms with Crippen molar-refractivity contribution >= 4 is 44.4 Å². The minimum atomic E-state index is -0.501. The van der Waals surface area contributed by atoms with Crippen LogP contribution in [0, 0.1) is 5.82 Å². The summed E-state index contributed by atoms with van der Waals surface area (Å²) in [6.07, 6.45) is 0. The van der Waals surface area contributed by atoms with Crippen molar-refractivity contribution in [2.24, 2.45) is 0 Å². The normalized spacial score (nSPS) is 12.3. The van der Waals surface area contributed by atoms with E-state index in [2.05, 4.69) is 20.9 Å². The highest BCUT2D eigenvalue weighted by Gasteiger charge is 2.21. The zero-order valence-corrected chi connectivity index (χ0v) is 17.7. The molecule has 3 rings (SSSR count). The number of rotatable bonds is 7. The highest BCUT2D eigenvalue weighted by Crippen LogP contribution is 2.26. The summed E-state index contributed by atoms with van der Waals surface area (Å²) in [4.78, 5) is 30.3. The van der Waals surface area contributed by atoms with Crippen LogP contribution in [-0.2, 0) is 11.3 Å². The maximum absolute atomic E-state index is 13.1. The Bertz CT molecular complexity index is 1070. The molecule has 1 atom stereocenters. The van der Waals surface area contributed by atoms with Gasteiger partial charge in [0.25, 0.3) is 5.56 Å². The quantitative estimate of drug-likeness (QED) is 0.296. The van der Waals surface area contributed by atoms with Crippen LogP contribution in [0.4, 0.5) is 4.39 Å². The maximum Gasteiger partial charge on any atom is 0.262 e. The third-order valence-corrected chi connectivity index (χ3v) is 5.76. The van der Waals surface area contributed by atoms with Gasteiger partial charge in [-0.15, -0.1) is 0 Å². The average molecular weight is 465 g/mol. The summed E-state index contributed by atoms with van der Waals surface area (Å²) in [6, 6.07) is 10.7. The number of ketones is 1. The Morgan fingerprint density at radius 3 is 2.68 bits per heavy atom. The molecule has 0 fully saturated rings. The fourth-order valence-corrected chi connectivity index (χ4v) is 4.08. The molecule has 3 aromatic rings. The number of halogens is 2. The Balaban J connectivity index is 1.98. The Morgan fingerprint density at radius 2 is 2.00 bits per heavy atom. The Kier molecular flexibility index (Phi) is 6.64. The molecule has 0 amide bonds. The van der Waals surface area contributed by atoms with E-state index in [9.17, 15) is 14.0 Å². The summed E-state index contributed by atoms with van der Waals surface area (Å²) in [6.45, 7) is 2.41. The Labute approximate surface area is 174 Å². The van der Waals surface area contributed by atoms with Crippen molar-refractivity contribution in [2.45, 2.75) is 23.9 Å². The van der Waals surface area contributed by atoms with Crippen LogP contribution in [0.25, 0.3) is 10.9 Å². The monoisotopic (exact) mass is 464 g/mol. The predicted octanol–water partition coefficient (Wildman–Crippen LogP) is 4.31. The van der Waals surface area contributed by atoms with Crippen LogP contribution in [0.3, 0.4) is 0 Å². The molecular formula is C20H18BrFN2O3S. The molecular weight excluding hydrogens is 447 g/mol. The number of nitrogens with zero attached hydrogens (tertiary/aromatic N) is 2. The first-order valence-corrected chi connectivity index (χ1v) is 10.2. The van der Waals surface area contributed by atoms with E-state index in [-0.39, 0.29) is 11.3 Å². The molecule has 0 aliphatic carbocycles. The number of thioether (sulfide) groups is 1. The third kappa shape index (κ3) is 4.51. The number of ether oxygens (including phenoxy) is 1. The first-order valence-electron chi connectivity index (χ1n) is 8.56. The number of hydrogen-bond acceptors (Lipinski definition) is 5. The first kappa shape index (κ1) is 20.7. The van der Waals surface area contributed by atoms with Gasteiger partial charge in [-0.05, 0) is 49.4 Å². The van der Waals surface area contributed by atoms with E-state index in [4.69, 9.17) is 4.74 Å². The lowest BCUT2D eigenvalue weighted by molar-refractivity contribution is 0.0993. The molecule has 5 nitrogen and oxygen atoms in total. The van der Waals surface area contributed by atoms with Crippen LogP contribution >= 0.6 is 27.7 Å². The summed E-state index contributed by atoms with van der Waals surface area (Å²) < 4.78 is 20.5. The molecule has 146 valence electrons. The van der Waals surface area contributed by atoms with Crippen molar-refractivity contribution < 1.29 is 13.9 Å². The molecule has 1 aromatic heterocycles. The molecule has 0 aliphatic rings. The van der Waals surface area contributed by atoms with Crippen molar-refractivity contribution in [1.29, 1.82) is 0 Å². The molecule has 0 radical (unpaired) electrons. The standard InChI is InChI=1S/C20H18BrFN2O3S/c1-12(18(25)13-3-6-15(22)7-4-13)28-20-23-17-8-5-14(21)11-16(17)19(26)24(20)9-10-27-2/h3-8,11-12H,9-10H2,1-2H3. The number of fused-ring (bicyclic) bond motifs is 1. The predicted molar refractivity (Wildman–Crippen MR) is 112 cm³/mol. The van der Waals surface area contributed by atoms with Gasteiger partial charge < -0.3 is 4.74 Å². The maximum atomic E-state index is 13.1. The smallest absolute Gasteiger partial charge is 0.262 e. The topological polar surface area (TPSA) is 61.2 Å². The fraction of sp³-hybridized carbons (Fsp3) is 0.250. The SMILES string of the molecule is COCCn1c(SC(C)C(=O)c2ccc(F)cc2)nc2ccc(Br)cc2c1=O. The van der Waals surface area contributed by atoms with Gasteiger partial charge in [-0.25, -0.2) is 9.37 Å². The average Bonchev–Trinajstić information content (AvgIpc) is 2.68. The van der Waals surface area contributed by atoms with E-state index in [1.807, 2.05) is 6.07 Å². The van der Waals surface area contributed by atoms with Crippen molar-refractivity contribution in [2.75, 3.05) is 13.7 Å². The van der Waals surface area contributed by atoms with E-state index in [0.717, 1.165) is 4.47 Å². The summed E-state index contributed by atoms with van der Waals surface area (Å²) in [5.41, 5.74) is 0.787. The molecule has 0 saturated carbocycles. The van der Waals surface area contributed by atoms with Crippen LogP contribution < -0.4 is 5.56 Å². The molecule has 2 aromatic carbocycles. The van der Waals surface area contributed by atoms with Gasteiger partial charge in [-0.3, -0.25) is 14.2 Å². The molecule has 0 spiro atoms. The van der Waals surface area contributed by atoms with E-state index >= 15 is 0 Å². The van der Waals surface area contributed by atoms with E-state index in [1.54, 1.807) is 26.2 Å². The number of benzene rings is 2. The van der Waals surface area contributed by atoms with E-state index < -0.39 is 11.1 Å². The van der Waals surface area contributed by atoms with Crippen LogP contribution in [0.15, 0.2) is 56.9 Å². The third-order valence-electron chi connectivity index (χ3n) is 4.18. The lowest BCUT2D eigenvalue weighted by Gasteiger charge is -2.16. The van der Waals surface area contributed by atoms with Gasteiger partial charge in [0.1, 0.15) is 5.82 Å². The number of methoxy groups -OCH3 is 1. The van der Waals surface area contributed by atoms with Gasteiger partial charge in [-0.1, -0.05) is 27.7 Å². The molecule has 1 unspecified atom stereocenters. The van der Waals surface area contributed by atoms with Gasteiger partial charge in [0.15, 0.2) is 10.9 Å². The Hall–Kier alpha value is -2.03. The second-order valence-electron chi connectivity index (χ2n) is 6.14. The summed E-state index contributed by atoms with van der Waals surface area (Å²) in [5.74, 6) is -0.555. The molecule has 0 bridgehead atoms. The van der Waals surface area contributed by atoms with Crippen LogP contribution in [0.2, 0.25) is 0 Å². The molecule has 8 heteroatoms. The lowest BCUT2D eigenvalue weighted by atomic mass is 10.1. The van der Waals surface area contributed by atoms with Gasteiger partial charge in [0.2, 0.25) is 0 Å². The zero-order chi connectivity index (χ0) is 20.3. The second-order valence-corrected chi connectivity index (χ2v) is 8.36. The number of Topliss-reactive ketones (excluding diaryl/α,β-unsaturated/α-hetero) is 1. The van der Waals surface area contributed by atoms with Crippen molar-refractivity contribution in [3.63, 3.8) is 0 Å². The van der Waals surface area contributed by atoms with Crippen molar-refractivity contribution in [3.05, 3.63) is 68.7 Å². The molecule has 0 saturated heterocycles. The second kappa shape index (κ2) is 8.98. The zero-order valence-electron chi connectivity index (χ0n) is 15.3. The number of carbonyl (C=O) groups excluding carboxylic acids is 1. The summed E-state index contributed by atoms with van der Waals surface area (Å²) in [5, 5.41) is 0.436. The molecule has 0 aliphatic heterocycles. The number of carbonyl (C=O) groups is 1. The van der Waals surface area contributed by atoms with Gasteiger partial charge in [0, 0.05) is 17.1 Å². The van der Waals surface area contributed by atoms with Gasteiger partial charge in [-0.2, -0.15) is 0 Å². The van der Waals surface area contributed by atoms with E-state index in [0.29, 0.717) is 34.8 Å². The van der Waals surface area contributed by atoms with E-state index in [1.165, 1.54) is 40.6 Å². The van der Waals surface area contributed by atoms with Crippen LogP contribution in [0.1, 0.15) is 17.3 Å². The molecule has 28 heavy (non-hydrogen) atoms.